The molecular weight excluding hydrogens is 378 g/mol. The molecule has 0 aliphatic rings. The zero-order valence-corrected chi connectivity index (χ0v) is 14.2. The highest BCUT2D eigenvalue weighted by Gasteiger charge is 2.11. The monoisotopic (exact) mass is 389 g/mol. The van der Waals surface area contributed by atoms with E-state index in [1.807, 2.05) is 13.0 Å². The second-order valence-corrected chi connectivity index (χ2v) is 7.32. The first-order valence-corrected chi connectivity index (χ1v) is 8.55. The standard InChI is InChI=1S/C13H13BrClN3O2S/c1-7-4-9(14)13(6-10(7)15)18-12-3-2-8(5-11(12)16)21(17,19)20/h2-6,18H,16H2,1H3,(H2,17,19,20). The van der Waals surface area contributed by atoms with Crippen molar-refractivity contribution >= 4 is 54.6 Å². The van der Waals surface area contributed by atoms with Crippen LogP contribution in [0.15, 0.2) is 39.7 Å². The first kappa shape index (κ1) is 16.1. The van der Waals surface area contributed by atoms with Gasteiger partial charge in [0.1, 0.15) is 0 Å². The Kier molecular flexibility index (Phi) is 4.48. The number of halogens is 2. The zero-order valence-electron chi connectivity index (χ0n) is 11.0. The maximum absolute atomic E-state index is 11.3. The molecule has 0 radical (unpaired) electrons. The van der Waals surface area contributed by atoms with E-state index in [1.54, 1.807) is 12.1 Å². The summed E-state index contributed by atoms with van der Waals surface area (Å²) in [6.07, 6.45) is 0. The SMILES string of the molecule is Cc1cc(Br)c(Nc2ccc(S(N)(=O)=O)cc2N)cc1Cl. The lowest BCUT2D eigenvalue weighted by molar-refractivity contribution is 0.598. The minimum atomic E-state index is -3.77. The molecule has 0 fully saturated rings. The molecule has 0 heterocycles. The van der Waals surface area contributed by atoms with Crippen LogP contribution in [0.4, 0.5) is 17.1 Å². The van der Waals surface area contributed by atoms with Crippen molar-refractivity contribution in [3.8, 4) is 0 Å². The van der Waals surface area contributed by atoms with Crippen LogP contribution in [-0.4, -0.2) is 8.42 Å². The van der Waals surface area contributed by atoms with Crippen LogP contribution in [0.1, 0.15) is 5.56 Å². The summed E-state index contributed by atoms with van der Waals surface area (Å²) < 4.78 is 23.4. The van der Waals surface area contributed by atoms with Crippen LogP contribution in [0.3, 0.4) is 0 Å². The molecule has 2 aromatic rings. The summed E-state index contributed by atoms with van der Waals surface area (Å²) in [6, 6.07) is 7.88. The van der Waals surface area contributed by atoms with Crippen molar-refractivity contribution in [2.75, 3.05) is 11.1 Å². The average Bonchev–Trinajstić information content (AvgIpc) is 2.36. The lowest BCUT2D eigenvalue weighted by Gasteiger charge is -2.13. The van der Waals surface area contributed by atoms with E-state index in [4.69, 9.17) is 22.5 Å². The molecule has 2 rings (SSSR count). The van der Waals surface area contributed by atoms with Crippen LogP contribution in [0.5, 0.6) is 0 Å². The molecule has 0 aromatic heterocycles. The van der Waals surface area contributed by atoms with E-state index in [1.165, 1.54) is 12.1 Å². The molecule has 21 heavy (non-hydrogen) atoms. The second kappa shape index (κ2) is 5.84. The van der Waals surface area contributed by atoms with Gasteiger partial charge in [0, 0.05) is 9.50 Å². The average molecular weight is 391 g/mol. The first-order valence-electron chi connectivity index (χ1n) is 5.83. The maximum atomic E-state index is 11.3. The van der Waals surface area contributed by atoms with Crippen molar-refractivity contribution in [2.24, 2.45) is 5.14 Å². The van der Waals surface area contributed by atoms with Crippen molar-refractivity contribution in [3.63, 3.8) is 0 Å². The summed E-state index contributed by atoms with van der Waals surface area (Å²) in [5.41, 5.74) is 8.34. The van der Waals surface area contributed by atoms with E-state index in [9.17, 15) is 8.42 Å². The number of nitrogens with one attached hydrogen (secondary N) is 1. The summed E-state index contributed by atoms with van der Waals surface area (Å²) in [4.78, 5) is -0.0356. The van der Waals surface area contributed by atoms with Crippen molar-refractivity contribution < 1.29 is 8.42 Å². The Morgan fingerprint density at radius 2 is 1.86 bits per heavy atom. The third-order valence-electron chi connectivity index (χ3n) is 2.87. The molecule has 0 saturated carbocycles. The van der Waals surface area contributed by atoms with Gasteiger partial charge >= 0.3 is 0 Å². The van der Waals surface area contributed by atoms with Gasteiger partial charge in [-0.3, -0.25) is 0 Å². The fraction of sp³-hybridized carbons (Fsp3) is 0.0769. The molecule has 0 saturated heterocycles. The quantitative estimate of drug-likeness (QED) is 0.700. The highest BCUT2D eigenvalue weighted by atomic mass is 79.9. The Balaban J connectivity index is 2.39. The van der Waals surface area contributed by atoms with Crippen molar-refractivity contribution in [2.45, 2.75) is 11.8 Å². The Labute approximate surface area is 136 Å². The van der Waals surface area contributed by atoms with Gasteiger partial charge in [0.15, 0.2) is 0 Å². The van der Waals surface area contributed by atoms with E-state index >= 15 is 0 Å². The Bertz CT molecular complexity index is 809. The number of hydrogen-bond donors (Lipinski definition) is 3. The predicted molar refractivity (Wildman–Crippen MR) is 89.4 cm³/mol. The normalized spacial score (nSPS) is 11.4. The fourth-order valence-electron chi connectivity index (χ4n) is 1.72. The topological polar surface area (TPSA) is 98.2 Å². The van der Waals surface area contributed by atoms with E-state index in [0.717, 1.165) is 15.7 Å². The number of nitrogen functional groups attached to an aromatic ring is 1. The predicted octanol–water partition coefficient (Wildman–Crippen LogP) is 3.38. The lowest BCUT2D eigenvalue weighted by atomic mass is 10.2. The van der Waals surface area contributed by atoms with Crippen LogP contribution >= 0.6 is 27.5 Å². The third kappa shape index (κ3) is 3.68. The highest BCUT2D eigenvalue weighted by molar-refractivity contribution is 9.10. The second-order valence-electron chi connectivity index (χ2n) is 4.50. The number of benzene rings is 2. The van der Waals surface area contributed by atoms with Crippen LogP contribution in [0, 0.1) is 6.92 Å². The van der Waals surface area contributed by atoms with Crippen LogP contribution in [0.2, 0.25) is 5.02 Å². The Morgan fingerprint density at radius 3 is 2.43 bits per heavy atom. The van der Waals surface area contributed by atoms with Crippen LogP contribution in [-0.2, 0) is 10.0 Å². The van der Waals surface area contributed by atoms with Gasteiger partial charge in [-0.25, -0.2) is 13.6 Å². The molecule has 0 aliphatic heterocycles. The molecule has 0 unspecified atom stereocenters. The molecule has 0 amide bonds. The Hall–Kier alpha value is -1.28. The minimum Gasteiger partial charge on any atom is -0.397 e. The van der Waals surface area contributed by atoms with Gasteiger partial charge in [-0.1, -0.05) is 11.6 Å². The summed E-state index contributed by atoms with van der Waals surface area (Å²) in [5.74, 6) is 0. The van der Waals surface area contributed by atoms with E-state index in [2.05, 4.69) is 21.2 Å². The maximum Gasteiger partial charge on any atom is 0.238 e. The number of anilines is 3. The zero-order chi connectivity index (χ0) is 15.8. The Morgan fingerprint density at radius 1 is 1.19 bits per heavy atom. The number of sulfonamides is 1. The largest absolute Gasteiger partial charge is 0.397 e. The van der Waals surface area contributed by atoms with Crippen molar-refractivity contribution in [3.05, 3.63) is 45.4 Å². The molecule has 8 heteroatoms. The fourth-order valence-corrected chi connectivity index (χ4v) is 2.99. The van der Waals surface area contributed by atoms with Gasteiger partial charge in [-0.15, -0.1) is 0 Å². The van der Waals surface area contributed by atoms with Crippen molar-refractivity contribution in [1.82, 2.24) is 0 Å². The van der Waals surface area contributed by atoms with Gasteiger partial charge < -0.3 is 11.1 Å². The van der Waals surface area contributed by atoms with Gasteiger partial charge in [0.2, 0.25) is 10.0 Å². The van der Waals surface area contributed by atoms with E-state index in [-0.39, 0.29) is 10.6 Å². The van der Waals surface area contributed by atoms with Gasteiger partial charge in [0.25, 0.3) is 0 Å². The molecule has 0 bridgehead atoms. The van der Waals surface area contributed by atoms with Crippen LogP contribution in [0.25, 0.3) is 0 Å². The van der Waals surface area contributed by atoms with Gasteiger partial charge in [-0.2, -0.15) is 0 Å². The first-order chi connectivity index (χ1) is 9.68. The number of primary sulfonamides is 1. The smallest absolute Gasteiger partial charge is 0.238 e. The number of nitrogens with two attached hydrogens (primary N) is 2. The lowest BCUT2D eigenvalue weighted by Crippen LogP contribution is -2.12. The molecule has 5 N–H and O–H groups in total. The van der Waals surface area contributed by atoms with E-state index < -0.39 is 10.0 Å². The molecular formula is C13H13BrClN3O2S. The summed E-state index contributed by atoms with van der Waals surface area (Å²) in [5, 5.41) is 8.77. The third-order valence-corrected chi connectivity index (χ3v) is 4.84. The van der Waals surface area contributed by atoms with Crippen LogP contribution < -0.4 is 16.2 Å². The molecule has 0 spiro atoms. The number of aryl methyl sites for hydroxylation is 1. The summed E-state index contributed by atoms with van der Waals surface area (Å²) >= 11 is 9.52. The summed E-state index contributed by atoms with van der Waals surface area (Å²) in [6.45, 7) is 1.89. The molecule has 112 valence electrons. The van der Waals surface area contributed by atoms with Gasteiger partial charge in [0.05, 0.1) is 22.0 Å². The molecule has 0 atom stereocenters. The number of rotatable bonds is 3. The summed E-state index contributed by atoms with van der Waals surface area (Å²) in [7, 11) is -3.77. The molecule has 5 nitrogen and oxygen atoms in total. The highest BCUT2D eigenvalue weighted by Crippen LogP contribution is 2.33. The molecule has 2 aromatic carbocycles. The van der Waals surface area contributed by atoms with E-state index in [0.29, 0.717) is 10.7 Å². The van der Waals surface area contributed by atoms with Gasteiger partial charge in [-0.05, 0) is 58.7 Å². The minimum absolute atomic E-state index is 0.0356. The molecule has 0 aliphatic carbocycles. The van der Waals surface area contributed by atoms with Crippen molar-refractivity contribution in [1.29, 1.82) is 0 Å². The number of hydrogen-bond acceptors (Lipinski definition) is 4.